The smallest absolute Gasteiger partial charge is 0.259 e. The number of benzene rings is 3. The molecule has 17 heteroatoms. The van der Waals surface area contributed by atoms with Crippen molar-refractivity contribution in [2.24, 2.45) is 0 Å². The van der Waals surface area contributed by atoms with Crippen LogP contribution >= 0.6 is 8.53 Å². The number of aromatic nitrogens is 4. The number of nitrogens with one attached hydrogen (secondary N) is 1. The van der Waals surface area contributed by atoms with Gasteiger partial charge in [0, 0.05) is 18.5 Å². The molecule has 0 saturated carbocycles. The molecular formula is C50H68N7O8PSi. The molecule has 6 rings (SSSR count). The number of nitrogens with zero attached hydrogens (tertiary/aromatic N) is 6. The van der Waals surface area contributed by atoms with Crippen LogP contribution in [0.4, 0.5) is 5.95 Å². The van der Waals surface area contributed by atoms with E-state index in [-0.39, 0.29) is 48.6 Å². The van der Waals surface area contributed by atoms with Gasteiger partial charge in [-0.05, 0) is 93.2 Å². The van der Waals surface area contributed by atoms with Gasteiger partial charge in [-0.2, -0.15) is 10.2 Å². The lowest BCUT2D eigenvalue weighted by molar-refractivity contribution is -0.116. The predicted octanol–water partition coefficient (Wildman–Crippen LogP) is 10.5. The van der Waals surface area contributed by atoms with Crippen LogP contribution in [-0.4, -0.2) is 96.2 Å². The molecule has 2 aromatic heterocycles. The third-order valence-corrected chi connectivity index (χ3v) is 19.0. The summed E-state index contributed by atoms with van der Waals surface area (Å²) in [6.45, 7) is 21.5. The quantitative estimate of drug-likeness (QED) is 0.0302. The summed E-state index contributed by atoms with van der Waals surface area (Å²) >= 11 is 0. The lowest BCUT2D eigenvalue weighted by atomic mass is 9.80. The van der Waals surface area contributed by atoms with Gasteiger partial charge in [0.2, 0.25) is 11.9 Å². The lowest BCUT2D eigenvalue weighted by Crippen LogP contribution is -2.50. The Bertz CT molecular complexity index is 2350. The molecule has 0 bridgehead atoms. The molecule has 1 saturated heterocycles. The number of methoxy groups -OCH3 is 2. The van der Waals surface area contributed by atoms with Crippen LogP contribution in [0.25, 0.3) is 11.2 Å². The second-order valence-electron chi connectivity index (χ2n) is 18.7. The van der Waals surface area contributed by atoms with Gasteiger partial charge in [0.1, 0.15) is 40.9 Å². The lowest BCUT2D eigenvalue weighted by Gasteiger charge is -2.42. The van der Waals surface area contributed by atoms with E-state index >= 15 is 0 Å². The van der Waals surface area contributed by atoms with Crippen molar-refractivity contribution in [3.8, 4) is 17.6 Å². The molecule has 1 aliphatic rings. The molecule has 0 spiro atoms. The summed E-state index contributed by atoms with van der Waals surface area (Å²) in [7, 11) is -1.14. The van der Waals surface area contributed by atoms with Gasteiger partial charge in [0.25, 0.3) is 8.53 Å². The van der Waals surface area contributed by atoms with E-state index in [1.54, 1.807) is 26.7 Å². The molecule has 67 heavy (non-hydrogen) atoms. The van der Waals surface area contributed by atoms with Crippen LogP contribution in [0, 0.1) is 11.3 Å². The van der Waals surface area contributed by atoms with E-state index in [9.17, 15) is 10.1 Å². The van der Waals surface area contributed by atoms with Gasteiger partial charge in [-0.3, -0.25) is 14.7 Å². The standard InChI is InChI=1S/C50H68N7O8PSi/c1-13-18-43(58)54-48-52-31-41-46(55-48)56(33-53-41)47-45(65-67(11,12)49(6,7)8)44(64-66(62-30-17-29-51)57(34(2)3)35(4)5)42(63-47)32-61-50(36-19-15-14-16-20-36,37-21-25-39(59-9)26-22-37)38-23-27-40(60-10)28-24-38/h14-16,19-28,31,33-35,42,44-45,47H,13,17-18,30,32H2,1-12H3,(H,52,54,55,58)/t42-,44-,45-,47-,66?/m1/s1. The van der Waals surface area contributed by atoms with Crippen LogP contribution in [0.1, 0.15) is 97.6 Å². The summed E-state index contributed by atoms with van der Waals surface area (Å²) in [5.74, 6) is 1.38. The van der Waals surface area contributed by atoms with E-state index in [0.29, 0.717) is 35.5 Å². The molecule has 1 amide bonds. The molecular weight excluding hydrogens is 886 g/mol. The number of rotatable bonds is 22. The second-order valence-corrected chi connectivity index (χ2v) is 24.9. The van der Waals surface area contributed by atoms with Crippen molar-refractivity contribution in [3.63, 3.8) is 0 Å². The average molecular weight is 954 g/mol. The van der Waals surface area contributed by atoms with Crippen LogP contribution in [0.5, 0.6) is 11.5 Å². The number of imidazole rings is 1. The highest BCUT2D eigenvalue weighted by atomic mass is 31.2. The normalized spacial score (nSPS) is 18.4. The van der Waals surface area contributed by atoms with Gasteiger partial charge < -0.3 is 32.4 Å². The van der Waals surface area contributed by atoms with E-state index in [1.165, 1.54) is 0 Å². The van der Waals surface area contributed by atoms with Gasteiger partial charge in [-0.1, -0.05) is 82.3 Å². The molecule has 0 radical (unpaired) electrons. The number of anilines is 1. The van der Waals surface area contributed by atoms with Crippen LogP contribution in [0.15, 0.2) is 91.4 Å². The molecule has 1 N–H and O–H groups in total. The molecule has 0 aliphatic carbocycles. The maximum Gasteiger partial charge on any atom is 0.259 e. The zero-order chi connectivity index (χ0) is 48.5. The number of amides is 1. The number of nitriles is 1. The fourth-order valence-corrected chi connectivity index (χ4v) is 11.1. The number of carbonyl (C=O) groups excluding carboxylic acids is 1. The first-order chi connectivity index (χ1) is 32.0. The fourth-order valence-electron chi connectivity index (χ4n) is 8.00. The molecule has 3 aromatic carbocycles. The third-order valence-electron chi connectivity index (χ3n) is 12.4. The number of fused-ring (bicyclic) bond motifs is 1. The molecule has 1 unspecified atom stereocenters. The largest absolute Gasteiger partial charge is 0.497 e. The molecule has 360 valence electrons. The number of hydrogen-bond acceptors (Lipinski definition) is 13. The highest BCUT2D eigenvalue weighted by Crippen LogP contribution is 2.53. The van der Waals surface area contributed by atoms with Crippen LogP contribution in [0.2, 0.25) is 18.1 Å². The Hall–Kier alpha value is -4.82. The van der Waals surface area contributed by atoms with Gasteiger partial charge in [0.15, 0.2) is 20.2 Å². The number of carbonyl (C=O) groups is 1. The van der Waals surface area contributed by atoms with E-state index in [0.717, 1.165) is 16.7 Å². The van der Waals surface area contributed by atoms with Gasteiger partial charge in [-0.15, -0.1) is 0 Å². The monoisotopic (exact) mass is 953 g/mol. The van der Waals surface area contributed by atoms with E-state index in [4.69, 9.17) is 42.4 Å². The summed E-state index contributed by atoms with van der Waals surface area (Å²) in [5, 5.41) is 12.3. The molecule has 5 atom stereocenters. The van der Waals surface area contributed by atoms with Crippen molar-refractivity contribution in [3.05, 3.63) is 108 Å². The minimum absolute atomic E-state index is 0.0101. The predicted molar refractivity (Wildman–Crippen MR) is 263 cm³/mol. The molecule has 5 aromatic rings. The molecule has 15 nitrogen and oxygen atoms in total. The minimum atomic E-state index is -2.63. The maximum atomic E-state index is 12.8. The molecule has 3 heterocycles. The topological polar surface area (TPSA) is 164 Å². The fraction of sp³-hybridized carbons (Fsp3) is 0.500. The summed E-state index contributed by atoms with van der Waals surface area (Å²) in [6.07, 6.45) is 1.29. The second kappa shape index (κ2) is 22.5. The van der Waals surface area contributed by atoms with Crippen molar-refractivity contribution >= 4 is 39.9 Å². The van der Waals surface area contributed by atoms with Crippen LogP contribution in [-0.2, 0) is 33.3 Å². The van der Waals surface area contributed by atoms with E-state index < -0.39 is 47.0 Å². The Morgan fingerprint density at radius 1 is 0.910 bits per heavy atom. The minimum Gasteiger partial charge on any atom is -0.497 e. The first-order valence-corrected chi connectivity index (χ1v) is 27.1. The van der Waals surface area contributed by atoms with E-state index in [1.807, 2.05) is 78.2 Å². The zero-order valence-electron chi connectivity index (χ0n) is 41.1. The third kappa shape index (κ3) is 11.7. The Balaban J connectivity index is 1.56. The molecule has 1 fully saturated rings. The van der Waals surface area contributed by atoms with Crippen molar-refractivity contribution in [2.75, 3.05) is 32.8 Å². The van der Waals surface area contributed by atoms with Crippen LogP contribution in [0.3, 0.4) is 0 Å². The van der Waals surface area contributed by atoms with Crippen molar-refractivity contribution in [1.82, 2.24) is 24.2 Å². The van der Waals surface area contributed by atoms with Crippen molar-refractivity contribution in [2.45, 2.75) is 135 Å². The Morgan fingerprint density at radius 3 is 2.04 bits per heavy atom. The van der Waals surface area contributed by atoms with Gasteiger partial charge >= 0.3 is 0 Å². The summed E-state index contributed by atoms with van der Waals surface area (Å²) < 4.78 is 51.7. The number of ether oxygens (including phenoxy) is 4. The highest BCUT2D eigenvalue weighted by Gasteiger charge is 2.54. The first-order valence-electron chi connectivity index (χ1n) is 23.0. The van der Waals surface area contributed by atoms with Crippen LogP contribution < -0.4 is 14.8 Å². The molecule has 1 aliphatic heterocycles. The maximum absolute atomic E-state index is 12.8. The van der Waals surface area contributed by atoms with Gasteiger partial charge in [-0.25, -0.2) is 14.6 Å². The zero-order valence-corrected chi connectivity index (χ0v) is 43.0. The summed E-state index contributed by atoms with van der Waals surface area (Å²) in [4.78, 5) is 26.7. The number of hydrogen-bond donors (Lipinski definition) is 1. The Morgan fingerprint density at radius 2 is 1.51 bits per heavy atom. The SMILES string of the molecule is CCCC(=O)Nc1ncc2ncn([C@@H]3O[C@H](COC(c4ccccc4)(c4ccc(OC)cc4)c4ccc(OC)cc4)[C@@H](OP(OCCC#N)N(C(C)C)C(C)C)[C@H]3O[Si](C)(C)C(C)(C)C)c2n1. The van der Waals surface area contributed by atoms with E-state index in [2.05, 4.69) is 94.7 Å². The average Bonchev–Trinajstić information content (AvgIpc) is 3.86. The summed E-state index contributed by atoms with van der Waals surface area (Å²) in [6, 6.07) is 28.2. The Labute approximate surface area is 398 Å². The van der Waals surface area contributed by atoms with Crippen molar-refractivity contribution in [1.29, 1.82) is 5.26 Å². The van der Waals surface area contributed by atoms with Crippen molar-refractivity contribution < 1.29 is 37.2 Å². The Kier molecular flexibility index (Phi) is 17.3. The summed E-state index contributed by atoms with van der Waals surface area (Å²) in [5.41, 5.74) is 2.37. The first kappa shape index (κ1) is 51.6. The highest BCUT2D eigenvalue weighted by molar-refractivity contribution is 7.44. The van der Waals surface area contributed by atoms with Gasteiger partial charge in [0.05, 0.1) is 52.4 Å².